The normalized spacial score (nSPS) is 13.3. The number of sulfonamides is 1. The number of anilines is 1. The van der Waals surface area contributed by atoms with Gasteiger partial charge in [0.1, 0.15) is 0 Å². The summed E-state index contributed by atoms with van der Waals surface area (Å²) in [6.45, 7) is 0.944. The SMILES string of the molecule is CS(=O)(=O)N1CCc2cc(C(=O)CSc3nnc(-c4ccco4)n3Cc3ccccc3)ccc21. The van der Waals surface area contributed by atoms with E-state index in [0.29, 0.717) is 47.5 Å². The number of ketones is 1. The maximum atomic E-state index is 13.0. The van der Waals surface area contributed by atoms with E-state index in [9.17, 15) is 13.2 Å². The highest BCUT2D eigenvalue weighted by Crippen LogP contribution is 2.31. The van der Waals surface area contributed by atoms with Crippen LogP contribution in [-0.2, 0) is 23.0 Å². The minimum atomic E-state index is -3.32. The number of nitrogens with zero attached hydrogens (tertiary/aromatic N) is 4. The lowest BCUT2D eigenvalue weighted by molar-refractivity contribution is 0.102. The standard InChI is InChI=1S/C24H22N4O4S2/c1-34(30,31)28-12-11-18-14-19(9-10-20(18)28)21(29)16-33-24-26-25-23(22-8-5-13-32-22)27(24)15-17-6-3-2-4-7-17/h2-10,13-14H,11-12,15-16H2,1H3. The van der Waals surface area contributed by atoms with Gasteiger partial charge in [0.25, 0.3) is 0 Å². The van der Waals surface area contributed by atoms with Gasteiger partial charge in [-0.15, -0.1) is 10.2 Å². The van der Waals surface area contributed by atoms with E-state index in [2.05, 4.69) is 10.2 Å². The van der Waals surface area contributed by atoms with Crippen LogP contribution in [0.1, 0.15) is 21.5 Å². The maximum Gasteiger partial charge on any atom is 0.232 e. The minimum Gasteiger partial charge on any atom is -0.461 e. The van der Waals surface area contributed by atoms with E-state index in [-0.39, 0.29) is 11.5 Å². The second-order valence-electron chi connectivity index (χ2n) is 8.00. The van der Waals surface area contributed by atoms with E-state index in [0.717, 1.165) is 11.1 Å². The van der Waals surface area contributed by atoms with Gasteiger partial charge in [-0.2, -0.15) is 0 Å². The van der Waals surface area contributed by atoms with Gasteiger partial charge in [-0.25, -0.2) is 8.42 Å². The van der Waals surface area contributed by atoms with Crippen molar-refractivity contribution in [3.63, 3.8) is 0 Å². The Bertz CT molecular complexity index is 1430. The molecule has 2 aromatic heterocycles. The molecule has 34 heavy (non-hydrogen) atoms. The van der Waals surface area contributed by atoms with Gasteiger partial charge in [0.05, 0.1) is 30.5 Å². The molecule has 0 bridgehead atoms. The fourth-order valence-corrected chi connectivity index (χ4v) is 5.79. The van der Waals surface area contributed by atoms with E-state index >= 15 is 0 Å². The van der Waals surface area contributed by atoms with Crippen molar-refractivity contribution in [3.05, 3.63) is 83.6 Å². The van der Waals surface area contributed by atoms with Crippen LogP contribution < -0.4 is 4.31 Å². The topological polar surface area (TPSA) is 98.3 Å². The highest BCUT2D eigenvalue weighted by Gasteiger charge is 2.27. The second kappa shape index (κ2) is 9.11. The second-order valence-corrected chi connectivity index (χ2v) is 10.8. The highest BCUT2D eigenvalue weighted by atomic mass is 32.2. The molecular weight excluding hydrogens is 472 g/mol. The molecule has 1 aliphatic heterocycles. The van der Waals surface area contributed by atoms with Crippen LogP contribution in [0.5, 0.6) is 0 Å². The molecule has 0 N–H and O–H groups in total. The number of hydrogen-bond donors (Lipinski definition) is 0. The molecule has 0 spiro atoms. The van der Waals surface area contributed by atoms with Gasteiger partial charge >= 0.3 is 0 Å². The maximum absolute atomic E-state index is 13.0. The number of furan rings is 1. The van der Waals surface area contributed by atoms with Crippen LogP contribution >= 0.6 is 11.8 Å². The average molecular weight is 495 g/mol. The largest absolute Gasteiger partial charge is 0.461 e. The van der Waals surface area contributed by atoms with E-state index in [1.54, 1.807) is 30.5 Å². The summed E-state index contributed by atoms with van der Waals surface area (Å²) >= 11 is 1.32. The Morgan fingerprint density at radius 2 is 1.91 bits per heavy atom. The Labute approximate surface area is 201 Å². The third kappa shape index (κ3) is 4.51. The van der Waals surface area contributed by atoms with Crippen molar-refractivity contribution < 1.29 is 17.6 Å². The first-order valence-corrected chi connectivity index (χ1v) is 13.5. The fourth-order valence-electron chi connectivity index (χ4n) is 3.99. The Hall–Kier alpha value is -3.37. The molecule has 174 valence electrons. The van der Waals surface area contributed by atoms with Crippen LogP contribution in [-0.4, -0.2) is 47.5 Å². The number of carbonyl (C=O) groups is 1. The quantitative estimate of drug-likeness (QED) is 0.271. The summed E-state index contributed by atoms with van der Waals surface area (Å²) in [5, 5.41) is 9.25. The van der Waals surface area contributed by atoms with Crippen LogP contribution in [0.3, 0.4) is 0 Å². The van der Waals surface area contributed by atoms with E-state index < -0.39 is 10.0 Å². The summed E-state index contributed by atoms with van der Waals surface area (Å²) in [5.74, 6) is 1.33. The molecule has 0 unspecified atom stereocenters. The van der Waals surface area contributed by atoms with Crippen LogP contribution in [0, 0.1) is 0 Å². The zero-order valence-electron chi connectivity index (χ0n) is 18.4. The molecular formula is C24H22N4O4S2. The Morgan fingerprint density at radius 1 is 1.09 bits per heavy atom. The van der Waals surface area contributed by atoms with Gasteiger partial charge < -0.3 is 4.42 Å². The van der Waals surface area contributed by atoms with Crippen LogP contribution in [0.4, 0.5) is 5.69 Å². The fraction of sp³-hybridized carbons (Fsp3) is 0.208. The lowest BCUT2D eigenvalue weighted by atomic mass is 10.1. The van der Waals surface area contributed by atoms with Crippen molar-refractivity contribution in [3.8, 4) is 11.6 Å². The molecule has 10 heteroatoms. The molecule has 3 heterocycles. The van der Waals surface area contributed by atoms with Gasteiger partial charge in [0.15, 0.2) is 16.7 Å². The van der Waals surface area contributed by atoms with Crippen molar-refractivity contribution in [1.29, 1.82) is 0 Å². The summed E-state index contributed by atoms with van der Waals surface area (Å²) in [7, 11) is -3.32. The van der Waals surface area contributed by atoms with E-state index in [4.69, 9.17) is 4.42 Å². The third-order valence-corrected chi connectivity index (χ3v) is 7.78. The number of rotatable bonds is 8. The smallest absolute Gasteiger partial charge is 0.232 e. The van der Waals surface area contributed by atoms with Crippen molar-refractivity contribution in [2.75, 3.05) is 22.9 Å². The van der Waals surface area contributed by atoms with Crippen molar-refractivity contribution in [2.45, 2.75) is 18.1 Å². The predicted octanol–water partition coefficient (Wildman–Crippen LogP) is 3.88. The molecule has 5 rings (SSSR count). The number of carbonyl (C=O) groups excluding carboxylic acids is 1. The average Bonchev–Trinajstić information content (AvgIpc) is 3.57. The summed E-state index contributed by atoms with van der Waals surface area (Å²) in [6, 6.07) is 18.8. The number of thioether (sulfide) groups is 1. The first-order valence-electron chi connectivity index (χ1n) is 10.7. The number of aromatic nitrogens is 3. The van der Waals surface area contributed by atoms with Gasteiger partial charge in [0.2, 0.25) is 15.8 Å². The first-order chi connectivity index (χ1) is 16.4. The molecule has 2 aromatic carbocycles. The Morgan fingerprint density at radius 3 is 2.65 bits per heavy atom. The zero-order valence-corrected chi connectivity index (χ0v) is 20.1. The van der Waals surface area contributed by atoms with Crippen molar-refractivity contribution in [2.24, 2.45) is 0 Å². The number of fused-ring (bicyclic) bond motifs is 1. The van der Waals surface area contributed by atoms with Crippen molar-refractivity contribution >= 4 is 33.3 Å². The van der Waals surface area contributed by atoms with Gasteiger partial charge in [-0.1, -0.05) is 42.1 Å². The van der Waals surface area contributed by atoms with Crippen molar-refractivity contribution in [1.82, 2.24) is 14.8 Å². The molecule has 8 nitrogen and oxygen atoms in total. The number of hydrogen-bond acceptors (Lipinski definition) is 7. The Balaban J connectivity index is 1.36. The lowest BCUT2D eigenvalue weighted by Crippen LogP contribution is -2.27. The summed E-state index contributed by atoms with van der Waals surface area (Å²) < 4.78 is 32.8. The minimum absolute atomic E-state index is 0.0561. The molecule has 0 saturated carbocycles. The molecule has 4 aromatic rings. The predicted molar refractivity (Wildman–Crippen MR) is 131 cm³/mol. The molecule has 0 radical (unpaired) electrons. The zero-order chi connectivity index (χ0) is 23.7. The van der Waals surface area contributed by atoms with Crippen LogP contribution in [0.25, 0.3) is 11.6 Å². The Kier molecular flexibility index (Phi) is 6.01. The van der Waals surface area contributed by atoms with Gasteiger partial charge in [0, 0.05) is 12.1 Å². The molecule has 0 fully saturated rings. The molecule has 1 aliphatic rings. The van der Waals surface area contributed by atoms with Gasteiger partial charge in [-0.05, 0) is 47.9 Å². The van der Waals surface area contributed by atoms with Gasteiger partial charge in [-0.3, -0.25) is 13.7 Å². The molecule has 0 saturated heterocycles. The van der Waals surface area contributed by atoms with Crippen LogP contribution in [0.2, 0.25) is 0 Å². The van der Waals surface area contributed by atoms with Crippen LogP contribution in [0.15, 0.2) is 76.5 Å². The summed E-state index contributed by atoms with van der Waals surface area (Å²) in [5.41, 5.74) is 3.16. The monoisotopic (exact) mass is 494 g/mol. The van der Waals surface area contributed by atoms with E-state index in [1.807, 2.05) is 41.0 Å². The lowest BCUT2D eigenvalue weighted by Gasteiger charge is -2.16. The summed E-state index contributed by atoms with van der Waals surface area (Å²) in [4.78, 5) is 13.0. The third-order valence-electron chi connectivity index (χ3n) is 5.63. The van der Waals surface area contributed by atoms with E-state index in [1.165, 1.54) is 22.3 Å². The first kappa shape index (κ1) is 22.4. The highest BCUT2D eigenvalue weighted by molar-refractivity contribution is 7.99. The molecule has 0 atom stereocenters. The molecule has 0 aliphatic carbocycles. The number of Topliss-reactive ketones (excluding diaryl/α,β-unsaturated/α-hetero) is 1. The summed E-state index contributed by atoms with van der Waals surface area (Å²) in [6.07, 6.45) is 3.38. The molecule has 0 amide bonds. The number of benzene rings is 2.